The van der Waals surface area contributed by atoms with E-state index in [1.807, 2.05) is 37.3 Å². The summed E-state index contributed by atoms with van der Waals surface area (Å²) < 4.78 is 19.7. The summed E-state index contributed by atoms with van der Waals surface area (Å²) in [4.78, 5) is 26.7. The van der Waals surface area contributed by atoms with Crippen LogP contribution in [0.2, 0.25) is 5.15 Å². The maximum absolute atomic E-state index is 14.3. The average Bonchev–Trinajstić information content (AvgIpc) is 2.73. The van der Waals surface area contributed by atoms with Crippen molar-refractivity contribution in [1.29, 1.82) is 0 Å². The summed E-state index contributed by atoms with van der Waals surface area (Å²) in [5.41, 5.74) is 3.00. The number of piperidine rings is 1. The lowest BCUT2D eigenvalue weighted by atomic mass is 10.0. The third kappa shape index (κ3) is 4.76. The van der Waals surface area contributed by atoms with Crippen LogP contribution >= 0.6 is 11.6 Å². The van der Waals surface area contributed by atoms with E-state index in [0.717, 1.165) is 11.1 Å². The molecular weight excluding hydrogens is 409 g/mol. The number of alkyl halides is 1. The minimum absolute atomic E-state index is 0.00586. The van der Waals surface area contributed by atoms with Crippen molar-refractivity contribution in [3.05, 3.63) is 58.9 Å². The first-order valence-corrected chi connectivity index (χ1v) is 10.0. The Labute approximate surface area is 178 Å². The zero-order chi connectivity index (χ0) is 21.1. The standard InChI is InChI=1S/C21H21ClFN5O2/c1-13-7-18(22)26-17-9-24-20(27-19(13)17)25-16-8-15(23)10-28(11-16)21(29)30-12-14-5-3-2-4-6-14/h2-7,9,15-16H,8,10-12H2,1H3,(H,24,25,27)/t15-,16-/m0/s1. The number of halogens is 2. The van der Waals surface area contributed by atoms with E-state index in [-0.39, 0.29) is 25.6 Å². The number of aromatic nitrogens is 3. The van der Waals surface area contributed by atoms with Gasteiger partial charge in [0.25, 0.3) is 0 Å². The van der Waals surface area contributed by atoms with Crippen molar-refractivity contribution in [2.75, 3.05) is 18.4 Å². The molecule has 3 aromatic rings. The minimum atomic E-state index is -1.16. The van der Waals surface area contributed by atoms with Crippen LogP contribution < -0.4 is 5.32 Å². The summed E-state index contributed by atoms with van der Waals surface area (Å²) in [7, 11) is 0. The third-order valence-corrected chi connectivity index (χ3v) is 5.10. The smallest absolute Gasteiger partial charge is 0.410 e. The normalized spacial score (nSPS) is 19.0. The molecule has 7 nitrogen and oxygen atoms in total. The van der Waals surface area contributed by atoms with Crippen molar-refractivity contribution in [2.24, 2.45) is 0 Å². The van der Waals surface area contributed by atoms with Gasteiger partial charge in [0.1, 0.15) is 23.4 Å². The Morgan fingerprint density at radius 1 is 1.30 bits per heavy atom. The molecule has 0 unspecified atom stereocenters. The number of rotatable bonds is 4. The molecule has 0 bridgehead atoms. The first kappa shape index (κ1) is 20.3. The second kappa shape index (κ2) is 8.79. The molecule has 3 heterocycles. The number of aryl methyl sites for hydroxylation is 1. The van der Waals surface area contributed by atoms with E-state index in [2.05, 4.69) is 20.3 Å². The van der Waals surface area contributed by atoms with Gasteiger partial charge in [0.2, 0.25) is 5.95 Å². The molecule has 1 aliphatic rings. The van der Waals surface area contributed by atoms with Gasteiger partial charge in [-0.2, -0.15) is 0 Å². The summed E-state index contributed by atoms with van der Waals surface area (Å²) in [6.07, 6.45) is 0.123. The van der Waals surface area contributed by atoms with Gasteiger partial charge in [-0.05, 0) is 24.1 Å². The maximum atomic E-state index is 14.3. The van der Waals surface area contributed by atoms with E-state index < -0.39 is 12.3 Å². The maximum Gasteiger partial charge on any atom is 0.410 e. The molecule has 0 radical (unpaired) electrons. The second-order valence-electron chi connectivity index (χ2n) is 7.31. The molecule has 1 amide bonds. The van der Waals surface area contributed by atoms with Crippen molar-refractivity contribution in [2.45, 2.75) is 32.2 Å². The van der Waals surface area contributed by atoms with E-state index in [0.29, 0.717) is 28.7 Å². The minimum Gasteiger partial charge on any atom is -0.445 e. The fraction of sp³-hybridized carbons (Fsp3) is 0.333. The molecule has 156 valence electrons. The highest BCUT2D eigenvalue weighted by Crippen LogP contribution is 2.21. The molecule has 0 aliphatic carbocycles. The molecule has 2 aromatic heterocycles. The summed E-state index contributed by atoms with van der Waals surface area (Å²) in [5.74, 6) is 0.353. The number of nitrogens with zero attached hydrogens (tertiary/aromatic N) is 4. The third-order valence-electron chi connectivity index (χ3n) is 4.90. The van der Waals surface area contributed by atoms with Crippen molar-refractivity contribution in [3.8, 4) is 0 Å². The van der Waals surface area contributed by atoms with Crippen LogP contribution in [0, 0.1) is 6.92 Å². The molecule has 30 heavy (non-hydrogen) atoms. The van der Waals surface area contributed by atoms with Crippen molar-refractivity contribution in [3.63, 3.8) is 0 Å². The Kier molecular flexibility index (Phi) is 5.94. The van der Waals surface area contributed by atoms with Crippen LogP contribution in [0.15, 0.2) is 42.6 Å². The predicted molar refractivity (Wildman–Crippen MR) is 112 cm³/mol. The fourth-order valence-corrected chi connectivity index (χ4v) is 3.75. The number of benzene rings is 1. The molecule has 1 saturated heterocycles. The quantitative estimate of drug-likeness (QED) is 0.627. The number of ether oxygens (including phenoxy) is 1. The van der Waals surface area contributed by atoms with Crippen molar-refractivity contribution < 1.29 is 13.9 Å². The molecule has 9 heteroatoms. The van der Waals surface area contributed by atoms with E-state index in [4.69, 9.17) is 16.3 Å². The molecule has 1 aromatic carbocycles. The molecule has 0 spiro atoms. The van der Waals surface area contributed by atoms with E-state index >= 15 is 0 Å². The highest BCUT2D eigenvalue weighted by atomic mass is 35.5. The number of hydrogen-bond acceptors (Lipinski definition) is 6. The highest BCUT2D eigenvalue weighted by molar-refractivity contribution is 6.29. The van der Waals surface area contributed by atoms with Gasteiger partial charge in [-0.1, -0.05) is 41.9 Å². The fourth-order valence-electron chi connectivity index (χ4n) is 3.50. The van der Waals surface area contributed by atoms with Gasteiger partial charge in [0, 0.05) is 19.0 Å². The van der Waals surface area contributed by atoms with Gasteiger partial charge < -0.3 is 15.0 Å². The van der Waals surface area contributed by atoms with Crippen molar-refractivity contribution >= 4 is 34.7 Å². The van der Waals surface area contributed by atoms with Crippen LogP contribution in [0.3, 0.4) is 0 Å². The lowest BCUT2D eigenvalue weighted by Gasteiger charge is -2.34. The Hall–Kier alpha value is -3.00. The number of pyridine rings is 1. The molecule has 0 saturated carbocycles. The summed E-state index contributed by atoms with van der Waals surface area (Å²) in [5, 5.41) is 3.51. The van der Waals surface area contributed by atoms with Gasteiger partial charge in [-0.15, -0.1) is 0 Å². The number of anilines is 1. The van der Waals surface area contributed by atoms with Crippen LogP contribution in [0.5, 0.6) is 0 Å². The van der Waals surface area contributed by atoms with Crippen LogP contribution in [0.4, 0.5) is 15.1 Å². The SMILES string of the molecule is Cc1cc(Cl)nc2cnc(N[C@H]3C[C@H](F)CN(C(=O)OCc4ccccc4)C3)nc12. The zero-order valence-corrected chi connectivity index (χ0v) is 17.1. The molecule has 2 atom stereocenters. The first-order valence-electron chi connectivity index (χ1n) is 9.64. The number of carbonyl (C=O) groups is 1. The van der Waals surface area contributed by atoms with Crippen molar-refractivity contribution in [1.82, 2.24) is 19.9 Å². The number of amides is 1. The highest BCUT2D eigenvalue weighted by Gasteiger charge is 2.31. The molecule has 1 fully saturated rings. The van der Waals surface area contributed by atoms with Gasteiger partial charge in [-0.3, -0.25) is 0 Å². The molecule has 1 aliphatic heterocycles. The zero-order valence-electron chi connectivity index (χ0n) is 16.4. The topological polar surface area (TPSA) is 80.2 Å². The monoisotopic (exact) mass is 429 g/mol. The van der Waals surface area contributed by atoms with E-state index in [9.17, 15) is 9.18 Å². The summed E-state index contributed by atoms with van der Waals surface area (Å²) in [6, 6.07) is 10.8. The summed E-state index contributed by atoms with van der Waals surface area (Å²) >= 11 is 5.97. The Balaban J connectivity index is 1.42. The van der Waals surface area contributed by atoms with Crippen LogP contribution in [0.25, 0.3) is 11.0 Å². The van der Waals surface area contributed by atoms with Gasteiger partial charge >= 0.3 is 6.09 Å². The van der Waals surface area contributed by atoms with E-state index in [1.165, 1.54) is 4.90 Å². The number of carbonyl (C=O) groups excluding carboxylic acids is 1. The van der Waals surface area contributed by atoms with Crippen LogP contribution in [0.1, 0.15) is 17.5 Å². The molecule has 4 rings (SSSR count). The van der Waals surface area contributed by atoms with E-state index in [1.54, 1.807) is 12.3 Å². The Morgan fingerprint density at radius 3 is 2.90 bits per heavy atom. The van der Waals surface area contributed by atoms with Crippen LogP contribution in [-0.4, -0.2) is 51.2 Å². The van der Waals surface area contributed by atoms with Gasteiger partial charge in [0.15, 0.2) is 0 Å². The first-order chi connectivity index (χ1) is 14.5. The number of likely N-dealkylation sites (tertiary alicyclic amines) is 1. The second-order valence-corrected chi connectivity index (χ2v) is 7.70. The molecule has 1 N–H and O–H groups in total. The lowest BCUT2D eigenvalue weighted by Crippen LogP contribution is -2.50. The van der Waals surface area contributed by atoms with Crippen LogP contribution in [-0.2, 0) is 11.3 Å². The van der Waals surface area contributed by atoms with Gasteiger partial charge in [0.05, 0.1) is 18.3 Å². The average molecular weight is 430 g/mol. The number of hydrogen-bond donors (Lipinski definition) is 1. The van der Waals surface area contributed by atoms with Gasteiger partial charge in [-0.25, -0.2) is 24.1 Å². The number of fused-ring (bicyclic) bond motifs is 1. The largest absolute Gasteiger partial charge is 0.445 e. The molecular formula is C21H21ClFN5O2. The lowest BCUT2D eigenvalue weighted by molar-refractivity contribution is 0.0685. The predicted octanol–water partition coefficient (Wildman–Crippen LogP) is 4.15. The Bertz CT molecular complexity index is 1050. The Morgan fingerprint density at radius 2 is 2.10 bits per heavy atom. The summed E-state index contributed by atoms with van der Waals surface area (Å²) in [6.45, 7) is 2.34. The number of nitrogens with one attached hydrogen (secondary N) is 1.